The van der Waals surface area contributed by atoms with E-state index in [2.05, 4.69) is 23.3 Å². The molecule has 0 aliphatic rings. The van der Waals surface area contributed by atoms with E-state index in [0.29, 0.717) is 11.4 Å². The number of rotatable bonds is 4. The summed E-state index contributed by atoms with van der Waals surface area (Å²) in [7, 11) is 0. The Hall–Kier alpha value is -3.08. The molecule has 5 N–H and O–H groups in total. The summed E-state index contributed by atoms with van der Waals surface area (Å²) in [6.45, 7) is 7.59. The van der Waals surface area contributed by atoms with E-state index < -0.39 is 0 Å². The van der Waals surface area contributed by atoms with E-state index in [1.54, 1.807) is 30.5 Å². The first-order valence-corrected chi connectivity index (χ1v) is 6.24. The molecule has 0 saturated carbocycles. The van der Waals surface area contributed by atoms with Crippen molar-refractivity contribution in [1.29, 1.82) is 0 Å². The number of nitrogen functional groups attached to an aromatic ring is 1. The number of oxime groups is 1. The maximum absolute atomic E-state index is 8.68. The van der Waals surface area contributed by atoms with Gasteiger partial charge in [-0.1, -0.05) is 54.7 Å². The first-order valence-electron chi connectivity index (χ1n) is 6.24. The number of hydrogen-bond donors (Lipinski definition) is 3. The fourth-order valence-electron chi connectivity index (χ4n) is 2.11. The molecule has 0 unspecified atom stereocenters. The standard InChI is InChI=1S/C16H16N4O/c1-3-10-9-19-16(18)14(13(10)4-2)11-5-7-12(8-6-11)15(17)20-21/h3-9,21H,1-2H2,(H2,17,20)(H2,18,19). The molecule has 21 heavy (non-hydrogen) atoms. The Morgan fingerprint density at radius 1 is 1.19 bits per heavy atom. The second-order valence-electron chi connectivity index (χ2n) is 4.36. The molecule has 0 atom stereocenters. The van der Waals surface area contributed by atoms with Crippen molar-refractivity contribution in [1.82, 2.24) is 4.98 Å². The molecule has 0 aliphatic carbocycles. The fraction of sp³-hybridized carbons (Fsp3) is 0. The lowest BCUT2D eigenvalue weighted by atomic mass is 9.96. The lowest BCUT2D eigenvalue weighted by molar-refractivity contribution is 0.318. The van der Waals surface area contributed by atoms with E-state index in [1.165, 1.54) is 0 Å². The van der Waals surface area contributed by atoms with E-state index in [1.807, 2.05) is 12.1 Å². The van der Waals surface area contributed by atoms with E-state index in [-0.39, 0.29) is 5.84 Å². The Labute approximate surface area is 122 Å². The minimum absolute atomic E-state index is 0.0523. The van der Waals surface area contributed by atoms with Gasteiger partial charge in [0.05, 0.1) is 0 Å². The summed E-state index contributed by atoms with van der Waals surface area (Å²) in [5.41, 5.74) is 15.5. The molecule has 1 heterocycles. The normalized spacial score (nSPS) is 11.1. The van der Waals surface area contributed by atoms with Crippen LogP contribution in [-0.4, -0.2) is 16.0 Å². The maximum Gasteiger partial charge on any atom is 0.170 e. The van der Waals surface area contributed by atoms with Crippen LogP contribution in [0.2, 0.25) is 0 Å². The van der Waals surface area contributed by atoms with Crippen LogP contribution >= 0.6 is 0 Å². The predicted octanol–water partition coefficient (Wildman–Crippen LogP) is 2.71. The molecular formula is C16H16N4O. The van der Waals surface area contributed by atoms with Crippen molar-refractivity contribution in [3.8, 4) is 11.1 Å². The lowest BCUT2D eigenvalue weighted by Gasteiger charge is -2.12. The molecule has 1 aromatic heterocycles. The van der Waals surface area contributed by atoms with Crippen LogP contribution < -0.4 is 11.5 Å². The van der Waals surface area contributed by atoms with Crippen LogP contribution in [0.25, 0.3) is 23.3 Å². The first-order chi connectivity index (χ1) is 10.1. The highest BCUT2D eigenvalue weighted by molar-refractivity contribution is 5.97. The van der Waals surface area contributed by atoms with Gasteiger partial charge in [0.2, 0.25) is 0 Å². The SMILES string of the molecule is C=Cc1cnc(N)c(-c2ccc(/C(N)=N\O)cc2)c1C=C. The van der Waals surface area contributed by atoms with Crippen molar-refractivity contribution in [3.05, 3.63) is 60.3 Å². The van der Waals surface area contributed by atoms with Crippen molar-refractivity contribution in [2.45, 2.75) is 0 Å². The minimum Gasteiger partial charge on any atom is -0.409 e. The highest BCUT2D eigenvalue weighted by Gasteiger charge is 2.12. The van der Waals surface area contributed by atoms with Gasteiger partial charge in [0.25, 0.3) is 0 Å². The highest BCUT2D eigenvalue weighted by Crippen LogP contribution is 2.32. The third-order valence-corrected chi connectivity index (χ3v) is 3.18. The molecule has 2 aromatic rings. The third-order valence-electron chi connectivity index (χ3n) is 3.18. The molecule has 0 bridgehead atoms. The molecule has 0 spiro atoms. The van der Waals surface area contributed by atoms with Crippen LogP contribution in [0.15, 0.2) is 48.8 Å². The maximum atomic E-state index is 8.68. The number of benzene rings is 1. The largest absolute Gasteiger partial charge is 0.409 e. The predicted molar refractivity (Wildman–Crippen MR) is 86.8 cm³/mol. The zero-order valence-electron chi connectivity index (χ0n) is 11.5. The third kappa shape index (κ3) is 2.62. The summed E-state index contributed by atoms with van der Waals surface area (Å²) < 4.78 is 0. The van der Waals surface area contributed by atoms with E-state index in [0.717, 1.165) is 22.3 Å². The number of anilines is 1. The first kappa shape index (κ1) is 14.3. The number of amidine groups is 1. The van der Waals surface area contributed by atoms with Crippen LogP contribution in [-0.2, 0) is 0 Å². The van der Waals surface area contributed by atoms with Gasteiger partial charge in [-0.15, -0.1) is 0 Å². The second-order valence-corrected chi connectivity index (χ2v) is 4.36. The van der Waals surface area contributed by atoms with Crippen LogP contribution in [0.4, 0.5) is 5.82 Å². The van der Waals surface area contributed by atoms with Gasteiger partial charge in [-0.3, -0.25) is 0 Å². The van der Waals surface area contributed by atoms with Gasteiger partial charge in [-0.2, -0.15) is 0 Å². The van der Waals surface area contributed by atoms with E-state index in [9.17, 15) is 0 Å². The number of hydrogen-bond acceptors (Lipinski definition) is 4. The quantitative estimate of drug-likeness (QED) is 0.347. The lowest BCUT2D eigenvalue weighted by Crippen LogP contribution is -2.12. The smallest absolute Gasteiger partial charge is 0.170 e. The number of aromatic nitrogens is 1. The van der Waals surface area contributed by atoms with Gasteiger partial charge in [-0.25, -0.2) is 4.98 Å². The molecular weight excluding hydrogens is 264 g/mol. The fourth-order valence-corrected chi connectivity index (χ4v) is 2.11. The molecule has 1 aromatic carbocycles. The average Bonchev–Trinajstić information content (AvgIpc) is 2.53. The van der Waals surface area contributed by atoms with Crippen LogP contribution in [0.3, 0.4) is 0 Å². The van der Waals surface area contributed by atoms with E-state index in [4.69, 9.17) is 16.7 Å². The van der Waals surface area contributed by atoms with E-state index >= 15 is 0 Å². The summed E-state index contributed by atoms with van der Waals surface area (Å²) in [6, 6.07) is 7.16. The van der Waals surface area contributed by atoms with Crippen LogP contribution in [0.5, 0.6) is 0 Å². The zero-order valence-corrected chi connectivity index (χ0v) is 11.5. The van der Waals surface area contributed by atoms with Gasteiger partial charge >= 0.3 is 0 Å². The molecule has 2 rings (SSSR count). The highest BCUT2D eigenvalue weighted by atomic mass is 16.4. The minimum atomic E-state index is 0.0523. The van der Waals surface area contributed by atoms with Crippen molar-refractivity contribution >= 4 is 23.8 Å². The Bertz CT molecular complexity index is 718. The van der Waals surface area contributed by atoms with Crippen molar-refractivity contribution in [2.75, 3.05) is 5.73 Å². The summed E-state index contributed by atoms with van der Waals surface area (Å²) in [6.07, 6.45) is 5.09. The molecule has 106 valence electrons. The topological polar surface area (TPSA) is 97.5 Å². The molecule has 0 saturated heterocycles. The summed E-state index contributed by atoms with van der Waals surface area (Å²) in [5, 5.41) is 11.6. The summed E-state index contributed by atoms with van der Waals surface area (Å²) in [4.78, 5) is 4.18. The van der Waals surface area contributed by atoms with Crippen molar-refractivity contribution < 1.29 is 5.21 Å². The van der Waals surface area contributed by atoms with Gasteiger partial charge in [0, 0.05) is 22.9 Å². The molecule has 0 aliphatic heterocycles. The Balaban J connectivity index is 2.61. The van der Waals surface area contributed by atoms with Crippen LogP contribution in [0.1, 0.15) is 16.7 Å². The molecule has 5 heteroatoms. The second kappa shape index (κ2) is 5.92. The Morgan fingerprint density at radius 3 is 2.38 bits per heavy atom. The van der Waals surface area contributed by atoms with Gasteiger partial charge < -0.3 is 16.7 Å². The zero-order chi connectivity index (χ0) is 15.4. The molecule has 0 radical (unpaired) electrons. The average molecular weight is 280 g/mol. The van der Waals surface area contributed by atoms with Gasteiger partial charge in [0.1, 0.15) is 5.82 Å². The molecule has 0 amide bonds. The van der Waals surface area contributed by atoms with Gasteiger partial charge in [-0.05, 0) is 11.1 Å². The summed E-state index contributed by atoms with van der Waals surface area (Å²) in [5.74, 6) is 0.462. The number of nitrogens with two attached hydrogens (primary N) is 2. The van der Waals surface area contributed by atoms with Gasteiger partial charge in [0.15, 0.2) is 5.84 Å². The van der Waals surface area contributed by atoms with Crippen molar-refractivity contribution in [3.63, 3.8) is 0 Å². The van der Waals surface area contributed by atoms with Crippen molar-refractivity contribution in [2.24, 2.45) is 10.9 Å². The molecule has 5 nitrogen and oxygen atoms in total. The Kier molecular flexibility index (Phi) is 4.04. The monoisotopic (exact) mass is 280 g/mol. The van der Waals surface area contributed by atoms with Crippen LogP contribution in [0, 0.1) is 0 Å². The summed E-state index contributed by atoms with van der Waals surface area (Å²) >= 11 is 0. The number of pyridine rings is 1. The number of nitrogens with zero attached hydrogens (tertiary/aromatic N) is 2. The molecule has 0 fully saturated rings. The Morgan fingerprint density at radius 2 is 1.86 bits per heavy atom.